The van der Waals surface area contributed by atoms with Crippen molar-refractivity contribution in [3.8, 4) is 5.69 Å². The fourth-order valence-corrected chi connectivity index (χ4v) is 1.24. The largest absolute Gasteiger partial charge is 0.321 e. The molecule has 2 rings (SSSR count). The molecule has 0 fully saturated rings. The molecule has 5 heteroatoms. The highest BCUT2D eigenvalue weighted by atomic mass is 19.1. The molecule has 4 nitrogen and oxygen atoms in total. The highest BCUT2D eigenvalue weighted by Gasteiger charge is 2.08. The number of hydrogen-bond donors (Lipinski definition) is 1. The van der Waals surface area contributed by atoms with Crippen LogP contribution in [0.5, 0.6) is 0 Å². The molecule has 1 unspecified atom stereocenters. The molecule has 0 spiro atoms. The van der Waals surface area contributed by atoms with Crippen LogP contribution in [0.1, 0.15) is 18.8 Å². The van der Waals surface area contributed by atoms with Gasteiger partial charge in [0, 0.05) is 0 Å². The molecule has 2 aromatic rings. The van der Waals surface area contributed by atoms with Gasteiger partial charge in [0.05, 0.1) is 6.04 Å². The minimum atomic E-state index is -0.335. The van der Waals surface area contributed by atoms with Crippen LogP contribution in [-0.4, -0.2) is 14.8 Å². The van der Waals surface area contributed by atoms with E-state index in [-0.39, 0.29) is 11.9 Å². The van der Waals surface area contributed by atoms with E-state index in [0.29, 0.717) is 11.5 Å². The number of hydrogen-bond acceptors (Lipinski definition) is 3. The molecule has 15 heavy (non-hydrogen) atoms. The van der Waals surface area contributed by atoms with E-state index < -0.39 is 0 Å². The Morgan fingerprint density at radius 2 is 2.13 bits per heavy atom. The van der Waals surface area contributed by atoms with E-state index in [0.717, 1.165) is 0 Å². The fraction of sp³-hybridized carbons (Fsp3) is 0.200. The summed E-state index contributed by atoms with van der Waals surface area (Å²) in [5, 5.41) is 4.08. The monoisotopic (exact) mass is 206 g/mol. The molecule has 0 saturated heterocycles. The van der Waals surface area contributed by atoms with Crippen molar-refractivity contribution in [2.75, 3.05) is 0 Å². The maximum Gasteiger partial charge on any atom is 0.167 e. The third-order valence-electron chi connectivity index (χ3n) is 2.02. The van der Waals surface area contributed by atoms with Crippen molar-refractivity contribution in [2.24, 2.45) is 5.73 Å². The van der Waals surface area contributed by atoms with Crippen LogP contribution >= 0.6 is 0 Å². The molecule has 0 aliphatic carbocycles. The Morgan fingerprint density at radius 1 is 1.40 bits per heavy atom. The average molecular weight is 206 g/mol. The van der Waals surface area contributed by atoms with Gasteiger partial charge >= 0.3 is 0 Å². The Bertz CT molecular complexity index is 464. The smallest absolute Gasteiger partial charge is 0.167 e. The summed E-state index contributed by atoms with van der Waals surface area (Å²) in [5.74, 6) is 0.164. The minimum Gasteiger partial charge on any atom is -0.321 e. The number of benzene rings is 1. The molecule has 0 amide bonds. The summed E-state index contributed by atoms with van der Waals surface area (Å²) in [6.07, 6.45) is 1.46. The molecular weight excluding hydrogens is 195 g/mol. The van der Waals surface area contributed by atoms with Gasteiger partial charge in [0.2, 0.25) is 0 Å². The summed E-state index contributed by atoms with van der Waals surface area (Å²) >= 11 is 0. The van der Waals surface area contributed by atoms with Gasteiger partial charge in [-0.05, 0) is 19.1 Å². The molecule has 2 N–H and O–H groups in total. The Hall–Kier alpha value is -1.75. The number of rotatable bonds is 2. The molecule has 1 aromatic heterocycles. The third kappa shape index (κ3) is 1.87. The first-order valence-corrected chi connectivity index (χ1v) is 4.60. The SMILES string of the molecule is CC(N)c1ncn(-c2ccccc2F)n1. The number of halogens is 1. The summed E-state index contributed by atoms with van der Waals surface area (Å²) in [6.45, 7) is 1.78. The van der Waals surface area contributed by atoms with E-state index in [1.807, 2.05) is 0 Å². The van der Waals surface area contributed by atoms with Crippen molar-refractivity contribution in [3.63, 3.8) is 0 Å². The second-order valence-corrected chi connectivity index (χ2v) is 3.29. The van der Waals surface area contributed by atoms with Crippen LogP contribution in [0.3, 0.4) is 0 Å². The summed E-state index contributed by atoms with van der Waals surface area (Å²) in [4.78, 5) is 3.99. The lowest BCUT2D eigenvalue weighted by Gasteiger charge is -2.01. The number of aromatic nitrogens is 3. The van der Waals surface area contributed by atoms with Crippen LogP contribution < -0.4 is 5.73 Å². The lowest BCUT2D eigenvalue weighted by molar-refractivity contribution is 0.608. The van der Waals surface area contributed by atoms with Crippen molar-refractivity contribution < 1.29 is 4.39 Å². The second-order valence-electron chi connectivity index (χ2n) is 3.29. The van der Waals surface area contributed by atoms with Crippen molar-refractivity contribution in [1.82, 2.24) is 14.8 Å². The first kappa shape index (κ1) is 9.79. The Kier molecular flexibility index (Phi) is 2.47. The highest BCUT2D eigenvalue weighted by Crippen LogP contribution is 2.12. The fourth-order valence-electron chi connectivity index (χ4n) is 1.24. The summed E-state index contributed by atoms with van der Waals surface area (Å²) in [5.41, 5.74) is 5.98. The standard InChI is InChI=1S/C10H11FN4/c1-7(12)10-13-6-15(14-10)9-5-3-2-4-8(9)11/h2-7H,12H2,1H3. The predicted octanol–water partition coefficient (Wildman–Crippen LogP) is 1.43. The van der Waals surface area contributed by atoms with Crippen LogP contribution in [0.2, 0.25) is 0 Å². The number of nitrogens with zero attached hydrogens (tertiary/aromatic N) is 3. The van der Waals surface area contributed by atoms with Crippen LogP contribution in [0.4, 0.5) is 4.39 Å². The lowest BCUT2D eigenvalue weighted by atomic mass is 10.3. The highest BCUT2D eigenvalue weighted by molar-refractivity contribution is 5.31. The first-order valence-electron chi connectivity index (χ1n) is 4.60. The molecule has 1 aromatic carbocycles. The Labute approximate surface area is 86.6 Å². The van der Waals surface area contributed by atoms with Gasteiger partial charge in [-0.15, -0.1) is 5.10 Å². The summed E-state index contributed by atoms with van der Waals surface area (Å²) in [6, 6.07) is 6.13. The van der Waals surface area contributed by atoms with E-state index in [1.165, 1.54) is 17.1 Å². The zero-order valence-electron chi connectivity index (χ0n) is 8.26. The van der Waals surface area contributed by atoms with Gasteiger partial charge in [-0.3, -0.25) is 0 Å². The van der Waals surface area contributed by atoms with E-state index in [2.05, 4.69) is 10.1 Å². The zero-order valence-corrected chi connectivity index (χ0v) is 8.26. The van der Waals surface area contributed by atoms with Gasteiger partial charge in [-0.1, -0.05) is 12.1 Å². The quantitative estimate of drug-likeness (QED) is 0.808. The van der Waals surface area contributed by atoms with Gasteiger partial charge in [0.25, 0.3) is 0 Å². The molecule has 1 heterocycles. The summed E-state index contributed by atoms with van der Waals surface area (Å²) < 4.78 is 14.7. The van der Waals surface area contributed by atoms with Gasteiger partial charge in [0.1, 0.15) is 17.8 Å². The summed E-state index contributed by atoms with van der Waals surface area (Å²) in [7, 11) is 0. The van der Waals surface area contributed by atoms with Gasteiger partial charge in [-0.2, -0.15) is 0 Å². The van der Waals surface area contributed by atoms with E-state index >= 15 is 0 Å². The lowest BCUT2D eigenvalue weighted by Crippen LogP contribution is -2.08. The average Bonchev–Trinajstić information content (AvgIpc) is 2.67. The minimum absolute atomic E-state index is 0.252. The molecule has 0 saturated carbocycles. The normalized spacial score (nSPS) is 12.7. The van der Waals surface area contributed by atoms with Crippen LogP contribution in [0, 0.1) is 5.82 Å². The Balaban J connectivity index is 2.42. The van der Waals surface area contributed by atoms with Gasteiger partial charge in [-0.25, -0.2) is 14.1 Å². The van der Waals surface area contributed by atoms with Crippen LogP contribution in [0.25, 0.3) is 5.69 Å². The first-order chi connectivity index (χ1) is 7.18. The molecule has 78 valence electrons. The Morgan fingerprint density at radius 3 is 2.73 bits per heavy atom. The number of para-hydroxylation sites is 1. The predicted molar refractivity (Wildman–Crippen MR) is 53.9 cm³/mol. The molecule has 0 aliphatic rings. The molecule has 0 aliphatic heterocycles. The molecule has 0 bridgehead atoms. The van der Waals surface area contributed by atoms with Crippen molar-refractivity contribution >= 4 is 0 Å². The van der Waals surface area contributed by atoms with Gasteiger partial charge < -0.3 is 5.73 Å². The third-order valence-corrected chi connectivity index (χ3v) is 2.02. The maximum atomic E-state index is 13.4. The van der Waals surface area contributed by atoms with E-state index in [9.17, 15) is 4.39 Å². The molecule has 1 atom stereocenters. The maximum absolute atomic E-state index is 13.4. The molecule has 0 radical (unpaired) electrons. The van der Waals surface area contributed by atoms with Crippen molar-refractivity contribution in [3.05, 3.63) is 42.2 Å². The number of nitrogens with two attached hydrogens (primary N) is 1. The molecular formula is C10H11FN4. The van der Waals surface area contributed by atoms with E-state index in [1.54, 1.807) is 25.1 Å². The van der Waals surface area contributed by atoms with Crippen molar-refractivity contribution in [2.45, 2.75) is 13.0 Å². The van der Waals surface area contributed by atoms with Crippen LogP contribution in [-0.2, 0) is 0 Å². The van der Waals surface area contributed by atoms with Gasteiger partial charge in [0.15, 0.2) is 5.82 Å². The van der Waals surface area contributed by atoms with E-state index in [4.69, 9.17) is 5.73 Å². The topological polar surface area (TPSA) is 56.7 Å². The zero-order chi connectivity index (χ0) is 10.8. The van der Waals surface area contributed by atoms with Crippen molar-refractivity contribution in [1.29, 1.82) is 0 Å². The van der Waals surface area contributed by atoms with Crippen LogP contribution in [0.15, 0.2) is 30.6 Å². The second kappa shape index (κ2) is 3.78.